The number of benzene rings is 1. The number of nitrogens with one attached hydrogen (secondary N) is 1. The second-order valence-electron chi connectivity index (χ2n) is 7.65. The highest BCUT2D eigenvalue weighted by Crippen LogP contribution is 2.35. The Morgan fingerprint density at radius 2 is 1.93 bits per heavy atom. The molecule has 3 aromatic heterocycles. The zero-order valence-electron chi connectivity index (χ0n) is 16.7. The monoisotopic (exact) mass is 418 g/mol. The minimum atomic E-state index is -0.231. The predicted octanol–water partition coefficient (Wildman–Crippen LogP) is 4.88. The molecule has 0 aliphatic heterocycles. The molecule has 30 heavy (non-hydrogen) atoms. The topological polar surface area (TPSA) is 85.6 Å². The van der Waals surface area contributed by atoms with Crippen LogP contribution in [-0.2, 0) is 0 Å². The number of hydrogen-bond acceptors (Lipinski definition) is 6. The SMILES string of the molecule is Cc1c(C(=O)Nc2nnc(C3CCCCC3)s2)cnn1-c1ccc2ccccc2n1. The van der Waals surface area contributed by atoms with Gasteiger partial charge in [-0.15, -0.1) is 10.2 Å². The van der Waals surface area contributed by atoms with E-state index in [0.717, 1.165) is 34.4 Å². The van der Waals surface area contributed by atoms with E-state index in [0.29, 0.717) is 22.4 Å². The third-order valence-electron chi connectivity index (χ3n) is 5.67. The number of aromatic nitrogens is 5. The Balaban J connectivity index is 1.35. The van der Waals surface area contributed by atoms with Gasteiger partial charge in [0.1, 0.15) is 5.01 Å². The molecule has 1 N–H and O–H groups in total. The van der Waals surface area contributed by atoms with Gasteiger partial charge in [-0.2, -0.15) is 5.10 Å². The molecule has 0 radical (unpaired) electrons. The van der Waals surface area contributed by atoms with Gasteiger partial charge in [-0.25, -0.2) is 9.67 Å². The fraction of sp³-hybridized carbons (Fsp3) is 0.318. The fourth-order valence-electron chi connectivity index (χ4n) is 4.00. The van der Waals surface area contributed by atoms with E-state index in [1.165, 1.54) is 30.6 Å². The van der Waals surface area contributed by atoms with Gasteiger partial charge in [-0.3, -0.25) is 10.1 Å². The van der Waals surface area contributed by atoms with Crippen molar-refractivity contribution in [3.8, 4) is 5.82 Å². The van der Waals surface area contributed by atoms with E-state index < -0.39 is 0 Å². The number of carbonyl (C=O) groups excluding carboxylic acids is 1. The highest BCUT2D eigenvalue weighted by Gasteiger charge is 2.22. The van der Waals surface area contributed by atoms with Gasteiger partial charge in [0.15, 0.2) is 5.82 Å². The molecule has 1 aliphatic carbocycles. The molecule has 1 fully saturated rings. The summed E-state index contributed by atoms with van der Waals surface area (Å²) in [6.45, 7) is 1.87. The van der Waals surface area contributed by atoms with E-state index >= 15 is 0 Å². The first-order valence-electron chi connectivity index (χ1n) is 10.2. The molecule has 1 aliphatic rings. The minimum absolute atomic E-state index is 0.231. The van der Waals surface area contributed by atoms with Crippen molar-refractivity contribution < 1.29 is 4.79 Å². The fourth-order valence-corrected chi connectivity index (χ4v) is 4.91. The third-order valence-corrected chi connectivity index (χ3v) is 6.67. The van der Waals surface area contributed by atoms with Crippen LogP contribution in [-0.4, -0.2) is 30.9 Å². The van der Waals surface area contributed by atoms with E-state index in [4.69, 9.17) is 0 Å². The van der Waals surface area contributed by atoms with Gasteiger partial charge in [-0.05, 0) is 38.0 Å². The maximum Gasteiger partial charge on any atom is 0.260 e. The smallest absolute Gasteiger partial charge is 0.260 e. The molecule has 7 nitrogen and oxygen atoms in total. The molecule has 0 bridgehead atoms. The lowest BCUT2D eigenvalue weighted by Crippen LogP contribution is -2.13. The summed E-state index contributed by atoms with van der Waals surface area (Å²) in [4.78, 5) is 17.5. The van der Waals surface area contributed by atoms with Crippen LogP contribution in [0.5, 0.6) is 0 Å². The highest BCUT2D eigenvalue weighted by molar-refractivity contribution is 7.15. The number of hydrogen-bond donors (Lipinski definition) is 1. The van der Waals surface area contributed by atoms with Gasteiger partial charge in [-0.1, -0.05) is 48.8 Å². The first kappa shape index (κ1) is 18.9. The van der Waals surface area contributed by atoms with Crippen molar-refractivity contribution in [2.45, 2.75) is 44.9 Å². The Morgan fingerprint density at radius 1 is 1.10 bits per heavy atom. The summed E-state index contributed by atoms with van der Waals surface area (Å²) in [5, 5.41) is 18.4. The Bertz CT molecular complexity index is 1210. The Labute approximate surface area is 178 Å². The zero-order chi connectivity index (χ0) is 20.5. The predicted molar refractivity (Wildman–Crippen MR) is 117 cm³/mol. The van der Waals surface area contributed by atoms with Crippen molar-refractivity contribution in [1.29, 1.82) is 0 Å². The maximum atomic E-state index is 12.8. The van der Waals surface area contributed by atoms with Gasteiger partial charge >= 0.3 is 0 Å². The van der Waals surface area contributed by atoms with Crippen molar-refractivity contribution in [3.05, 3.63) is 58.9 Å². The molecule has 0 atom stereocenters. The van der Waals surface area contributed by atoms with Crippen LogP contribution < -0.4 is 5.32 Å². The van der Waals surface area contributed by atoms with Crippen LogP contribution in [0.3, 0.4) is 0 Å². The Hall–Kier alpha value is -3.13. The number of anilines is 1. The van der Waals surface area contributed by atoms with Crippen LogP contribution in [0, 0.1) is 6.92 Å². The van der Waals surface area contributed by atoms with Crippen LogP contribution in [0.25, 0.3) is 16.7 Å². The molecule has 5 rings (SSSR count). The quantitative estimate of drug-likeness (QED) is 0.510. The zero-order valence-corrected chi connectivity index (χ0v) is 17.5. The second-order valence-corrected chi connectivity index (χ2v) is 8.66. The lowest BCUT2D eigenvalue weighted by molar-refractivity contribution is 0.102. The number of pyridine rings is 1. The molecule has 152 valence electrons. The first-order valence-corrected chi connectivity index (χ1v) is 11.1. The van der Waals surface area contributed by atoms with E-state index in [-0.39, 0.29) is 5.91 Å². The Morgan fingerprint density at radius 3 is 2.80 bits per heavy atom. The molecule has 8 heteroatoms. The normalized spacial score (nSPS) is 14.8. The molecule has 0 saturated heterocycles. The van der Waals surface area contributed by atoms with E-state index in [9.17, 15) is 4.79 Å². The molecular weight excluding hydrogens is 396 g/mol. The minimum Gasteiger partial charge on any atom is -0.296 e. The molecule has 1 saturated carbocycles. The lowest BCUT2D eigenvalue weighted by Gasteiger charge is -2.18. The van der Waals surface area contributed by atoms with Gasteiger partial charge in [0, 0.05) is 11.3 Å². The van der Waals surface area contributed by atoms with Crippen molar-refractivity contribution in [1.82, 2.24) is 25.0 Å². The number of rotatable bonds is 4. The molecular formula is C22H22N6OS. The third kappa shape index (κ3) is 3.59. The van der Waals surface area contributed by atoms with Crippen LogP contribution in [0.1, 0.15) is 59.1 Å². The molecule has 4 aromatic rings. The van der Waals surface area contributed by atoms with Gasteiger partial charge in [0.2, 0.25) is 5.13 Å². The molecule has 1 aromatic carbocycles. The first-order chi connectivity index (χ1) is 14.7. The van der Waals surface area contributed by atoms with Crippen LogP contribution in [0.2, 0.25) is 0 Å². The summed E-state index contributed by atoms with van der Waals surface area (Å²) in [5.74, 6) is 0.928. The molecule has 0 spiro atoms. The molecule has 1 amide bonds. The second kappa shape index (κ2) is 7.95. The largest absolute Gasteiger partial charge is 0.296 e. The summed E-state index contributed by atoms with van der Waals surface area (Å²) >= 11 is 1.48. The van der Waals surface area contributed by atoms with Gasteiger partial charge < -0.3 is 0 Å². The number of para-hydroxylation sites is 1. The summed E-state index contributed by atoms with van der Waals surface area (Å²) in [5.41, 5.74) is 2.12. The van der Waals surface area contributed by atoms with E-state index in [1.54, 1.807) is 10.9 Å². The van der Waals surface area contributed by atoms with Gasteiger partial charge in [0.25, 0.3) is 5.91 Å². The van der Waals surface area contributed by atoms with Crippen LogP contribution in [0.4, 0.5) is 5.13 Å². The summed E-state index contributed by atoms with van der Waals surface area (Å²) in [6.07, 6.45) is 7.68. The molecule has 0 unspecified atom stereocenters. The molecule has 3 heterocycles. The van der Waals surface area contributed by atoms with Crippen molar-refractivity contribution in [2.75, 3.05) is 5.32 Å². The number of fused-ring (bicyclic) bond motifs is 1. The van der Waals surface area contributed by atoms with Crippen LogP contribution in [0.15, 0.2) is 42.6 Å². The van der Waals surface area contributed by atoms with Crippen LogP contribution >= 0.6 is 11.3 Å². The lowest BCUT2D eigenvalue weighted by atomic mass is 9.90. The maximum absolute atomic E-state index is 12.8. The number of carbonyl (C=O) groups is 1. The summed E-state index contributed by atoms with van der Waals surface area (Å²) in [6, 6.07) is 11.8. The number of amides is 1. The standard InChI is InChI=1S/C22H22N6OS/c1-14-17(13-23-28(14)19-12-11-15-7-5-6-10-18(15)24-19)20(29)25-22-27-26-21(30-22)16-8-3-2-4-9-16/h5-7,10-13,16H,2-4,8-9H2,1H3,(H,25,27,29). The van der Waals surface area contributed by atoms with Gasteiger partial charge in [0.05, 0.1) is 23.0 Å². The summed E-state index contributed by atoms with van der Waals surface area (Å²) in [7, 11) is 0. The van der Waals surface area contributed by atoms with Crippen molar-refractivity contribution in [2.24, 2.45) is 0 Å². The number of nitrogens with zero attached hydrogens (tertiary/aromatic N) is 5. The van der Waals surface area contributed by atoms with E-state index in [1.807, 2.05) is 43.3 Å². The Kier molecular flexibility index (Phi) is 5.00. The summed E-state index contributed by atoms with van der Waals surface area (Å²) < 4.78 is 1.69. The van der Waals surface area contributed by atoms with Crippen molar-refractivity contribution >= 4 is 33.3 Å². The van der Waals surface area contributed by atoms with Crippen molar-refractivity contribution in [3.63, 3.8) is 0 Å². The van der Waals surface area contributed by atoms with E-state index in [2.05, 4.69) is 25.6 Å². The average Bonchev–Trinajstić information content (AvgIpc) is 3.40. The highest BCUT2D eigenvalue weighted by atomic mass is 32.1. The average molecular weight is 419 g/mol.